The van der Waals surface area contributed by atoms with Gasteiger partial charge in [-0.25, -0.2) is 4.39 Å². The molecule has 18 heavy (non-hydrogen) atoms. The van der Waals surface area contributed by atoms with Crippen LogP contribution in [0, 0.1) is 12.7 Å². The molecule has 92 valence electrons. The molecule has 0 aromatic heterocycles. The Hall–Kier alpha value is -1.67. The van der Waals surface area contributed by atoms with E-state index in [1.54, 1.807) is 6.07 Å². The Morgan fingerprint density at radius 1 is 1.17 bits per heavy atom. The summed E-state index contributed by atoms with van der Waals surface area (Å²) in [4.78, 5) is 0. The lowest BCUT2D eigenvalue weighted by molar-refractivity contribution is 0.631. The van der Waals surface area contributed by atoms with Gasteiger partial charge in [-0.2, -0.15) is 0 Å². The van der Waals surface area contributed by atoms with Gasteiger partial charge in [0, 0.05) is 11.6 Å². The Morgan fingerprint density at radius 2 is 2.00 bits per heavy atom. The van der Waals surface area contributed by atoms with Crippen LogP contribution < -0.4 is 5.73 Å². The Kier molecular flexibility index (Phi) is 2.67. The van der Waals surface area contributed by atoms with Crippen molar-refractivity contribution in [1.29, 1.82) is 0 Å². The first-order valence-corrected chi connectivity index (χ1v) is 6.30. The first-order chi connectivity index (χ1) is 8.65. The molecule has 3 rings (SSSR count). The molecule has 2 heteroatoms. The van der Waals surface area contributed by atoms with E-state index in [0.29, 0.717) is 5.56 Å². The van der Waals surface area contributed by atoms with Crippen molar-refractivity contribution < 1.29 is 4.39 Å². The van der Waals surface area contributed by atoms with Gasteiger partial charge in [0.05, 0.1) is 0 Å². The molecule has 2 aromatic carbocycles. The third-order valence-corrected chi connectivity index (χ3v) is 3.70. The van der Waals surface area contributed by atoms with E-state index in [2.05, 4.69) is 6.07 Å². The van der Waals surface area contributed by atoms with Gasteiger partial charge in [0.25, 0.3) is 0 Å². The molecule has 0 amide bonds. The van der Waals surface area contributed by atoms with Crippen molar-refractivity contribution in [3.63, 3.8) is 0 Å². The van der Waals surface area contributed by atoms with E-state index in [1.165, 1.54) is 17.2 Å². The number of fused-ring (bicyclic) bond motifs is 1. The summed E-state index contributed by atoms with van der Waals surface area (Å²) in [6.07, 6.45) is 2.03. The van der Waals surface area contributed by atoms with E-state index in [9.17, 15) is 4.39 Å². The average molecular weight is 241 g/mol. The summed E-state index contributed by atoms with van der Waals surface area (Å²) in [6, 6.07) is 11.4. The van der Waals surface area contributed by atoms with Crippen LogP contribution in [0.4, 0.5) is 4.39 Å². The lowest BCUT2D eigenvalue weighted by Crippen LogP contribution is -2.05. The number of rotatable bonds is 1. The number of hydrogen-bond donors (Lipinski definition) is 1. The smallest absolute Gasteiger partial charge is 0.131 e. The van der Waals surface area contributed by atoms with Gasteiger partial charge in [-0.1, -0.05) is 23.8 Å². The largest absolute Gasteiger partial charge is 0.324 e. The van der Waals surface area contributed by atoms with Crippen molar-refractivity contribution >= 4 is 0 Å². The maximum atomic E-state index is 13.9. The average Bonchev–Trinajstić information content (AvgIpc) is 2.74. The fourth-order valence-electron chi connectivity index (χ4n) is 2.66. The lowest BCUT2D eigenvalue weighted by Gasteiger charge is -2.09. The van der Waals surface area contributed by atoms with Crippen molar-refractivity contribution in [2.24, 2.45) is 5.73 Å². The van der Waals surface area contributed by atoms with Crippen molar-refractivity contribution in [2.75, 3.05) is 0 Å². The zero-order valence-corrected chi connectivity index (χ0v) is 10.4. The Balaban J connectivity index is 2.13. The number of aryl methyl sites for hydroxylation is 2. The predicted octanol–water partition coefficient (Wildman–Crippen LogP) is 3.75. The second kappa shape index (κ2) is 4.21. The maximum Gasteiger partial charge on any atom is 0.131 e. The quantitative estimate of drug-likeness (QED) is 0.808. The lowest BCUT2D eigenvalue weighted by atomic mass is 9.98. The number of nitrogens with two attached hydrogens (primary N) is 1. The van der Waals surface area contributed by atoms with Crippen LogP contribution in [0.3, 0.4) is 0 Å². The molecule has 0 saturated carbocycles. The van der Waals surface area contributed by atoms with Crippen LogP contribution in [0.25, 0.3) is 11.1 Å². The third kappa shape index (κ3) is 1.83. The minimum Gasteiger partial charge on any atom is -0.324 e. The molecule has 1 aliphatic carbocycles. The highest BCUT2D eigenvalue weighted by molar-refractivity contribution is 5.67. The van der Waals surface area contributed by atoms with Crippen LogP contribution in [-0.4, -0.2) is 0 Å². The van der Waals surface area contributed by atoms with Crippen molar-refractivity contribution in [3.05, 3.63) is 58.9 Å². The van der Waals surface area contributed by atoms with Crippen molar-refractivity contribution in [3.8, 4) is 11.1 Å². The molecular weight excluding hydrogens is 225 g/mol. The molecular formula is C16H16FN. The van der Waals surface area contributed by atoms with Crippen molar-refractivity contribution in [2.45, 2.75) is 25.8 Å². The normalized spacial score (nSPS) is 17.8. The number of halogens is 1. The molecule has 0 radical (unpaired) electrons. The van der Waals surface area contributed by atoms with E-state index in [4.69, 9.17) is 5.73 Å². The topological polar surface area (TPSA) is 26.0 Å². The van der Waals surface area contributed by atoms with Crippen LogP contribution in [0.15, 0.2) is 36.4 Å². The molecule has 2 N–H and O–H groups in total. The first kappa shape index (κ1) is 11.4. The molecule has 0 aliphatic heterocycles. The Labute approximate surface area is 106 Å². The molecule has 1 aliphatic rings. The molecule has 0 spiro atoms. The maximum absolute atomic E-state index is 13.9. The second-order valence-corrected chi connectivity index (χ2v) is 5.04. The van der Waals surface area contributed by atoms with Crippen LogP contribution in [0.1, 0.15) is 29.2 Å². The highest BCUT2D eigenvalue weighted by Crippen LogP contribution is 2.33. The van der Waals surface area contributed by atoms with Gasteiger partial charge in [0.15, 0.2) is 0 Å². The molecule has 1 nitrogen and oxygen atoms in total. The molecule has 0 saturated heterocycles. The Morgan fingerprint density at radius 3 is 2.83 bits per heavy atom. The van der Waals surface area contributed by atoms with E-state index >= 15 is 0 Å². The number of benzene rings is 2. The summed E-state index contributed by atoms with van der Waals surface area (Å²) in [6.45, 7) is 1.97. The molecule has 1 unspecified atom stereocenters. The third-order valence-electron chi connectivity index (χ3n) is 3.70. The van der Waals surface area contributed by atoms with Gasteiger partial charge in [-0.05, 0) is 54.7 Å². The molecule has 1 atom stereocenters. The van der Waals surface area contributed by atoms with Gasteiger partial charge in [0.2, 0.25) is 0 Å². The highest BCUT2D eigenvalue weighted by Gasteiger charge is 2.19. The summed E-state index contributed by atoms with van der Waals surface area (Å²) in [5, 5.41) is 0. The van der Waals surface area contributed by atoms with Crippen LogP contribution in [0.5, 0.6) is 0 Å². The van der Waals surface area contributed by atoms with E-state index < -0.39 is 0 Å². The minimum absolute atomic E-state index is 0.104. The summed E-state index contributed by atoms with van der Waals surface area (Å²) >= 11 is 0. The van der Waals surface area contributed by atoms with Gasteiger partial charge >= 0.3 is 0 Å². The summed E-state index contributed by atoms with van der Waals surface area (Å²) in [7, 11) is 0. The van der Waals surface area contributed by atoms with Gasteiger partial charge < -0.3 is 5.73 Å². The van der Waals surface area contributed by atoms with Gasteiger partial charge in [-0.3, -0.25) is 0 Å². The zero-order chi connectivity index (χ0) is 12.7. The summed E-state index contributed by atoms with van der Waals surface area (Å²) in [5.41, 5.74) is 11.2. The van der Waals surface area contributed by atoms with E-state index in [0.717, 1.165) is 24.0 Å². The molecule has 0 heterocycles. The fraction of sp³-hybridized carbons (Fsp3) is 0.250. The van der Waals surface area contributed by atoms with Gasteiger partial charge in [0.1, 0.15) is 5.82 Å². The second-order valence-electron chi connectivity index (χ2n) is 5.04. The van der Waals surface area contributed by atoms with Crippen LogP contribution >= 0.6 is 0 Å². The first-order valence-electron chi connectivity index (χ1n) is 6.30. The van der Waals surface area contributed by atoms with Crippen LogP contribution in [-0.2, 0) is 6.42 Å². The molecule has 0 bridgehead atoms. The van der Waals surface area contributed by atoms with E-state index in [1.807, 2.05) is 25.1 Å². The highest BCUT2D eigenvalue weighted by atomic mass is 19.1. The standard InChI is InChI=1S/C16H16FN/c1-10-2-6-15(17)13(8-10)12-4-3-11-5-7-16(18)14(11)9-12/h2-4,6,8-9,16H,5,7,18H2,1H3. The molecule has 0 fully saturated rings. The minimum atomic E-state index is -0.174. The monoisotopic (exact) mass is 241 g/mol. The molecule has 2 aromatic rings. The zero-order valence-electron chi connectivity index (χ0n) is 10.4. The number of hydrogen-bond acceptors (Lipinski definition) is 1. The Bertz CT molecular complexity index is 604. The van der Waals surface area contributed by atoms with Crippen LogP contribution in [0.2, 0.25) is 0 Å². The van der Waals surface area contributed by atoms with E-state index in [-0.39, 0.29) is 11.9 Å². The summed E-state index contributed by atoms with van der Waals surface area (Å²) < 4.78 is 13.9. The summed E-state index contributed by atoms with van der Waals surface area (Å²) in [5.74, 6) is -0.174. The van der Waals surface area contributed by atoms with Crippen molar-refractivity contribution in [1.82, 2.24) is 0 Å². The van der Waals surface area contributed by atoms with Gasteiger partial charge in [-0.15, -0.1) is 0 Å². The predicted molar refractivity (Wildman–Crippen MR) is 71.8 cm³/mol. The SMILES string of the molecule is Cc1ccc(F)c(-c2ccc3c(c2)C(N)CC3)c1. The fourth-order valence-corrected chi connectivity index (χ4v) is 2.66.